The molecule has 0 aliphatic carbocycles. The summed E-state index contributed by atoms with van der Waals surface area (Å²) >= 11 is 3.46. The summed E-state index contributed by atoms with van der Waals surface area (Å²) < 4.78 is 30.1. The largest absolute Gasteiger partial charge is 0.368 e. The number of rotatable bonds is 6. The fraction of sp³-hybridized carbons (Fsp3) is 0.483. The molecule has 5 rings (SSSR count). The second-order valence-corrected chi connectivity index (χ2v) is 13.5. The zero-order chi connectivity index (χ0) is 28.6. The molecule has 3 heterocycles. The molecule has 0 radical (unpaired) electrons. The van der Waals surface area contributed by atoms with Crippen molar-refractivity contribution in [3.8, 4) is 0 Å². The Labute approximate surface area is 244 Å². The van der Waals surface area contributed by atoms with Crippen molar-refractivity contribution in [2.75, 3.05) is 55.6 Å². The molecule has 0 saturated carbocycles. The van der Waals surface area contributed by atoms with E-state index in [0.717, 1.165) is 11.3 Å². The Morgan fingerprint density at radius 1 is 0.975 bits per heavy atom. The maximum Gasteiger partial charge on any atom is 0.245 e. The van der Waals surface area contributed by atoms with Gasteiger partial charge < -0.3 is 14.7 Å². The number of Topliss-reactive ketones (excluding diaryl/α,β-unsaturated/α-hetero) is 1. The minimum atomic E-state index is -3.93. The van der Waals surface area contributed by atoms with Crippen LogP contribution in [0, 0.1) is 5.92 Å². The van der Waals surface area contributed by atoms with E-state index in [9.17, 15) is 22.8 Å². The summed E-state index contributed by atoms with van der Waals surface area (Å²) in [5, 5.41) is 0. The van der Waals surface area contributed by atoms with E-state index in [1.165, 1.54) is 4.31 Å². The third kappa shape index (κ3) is 5.56. The van der Waals surface area contributed by atoms with Crippen LogP contribution in [-0.2, 0) is 26.0 Å². The predicted molar refractivity (Wildman–Crippen MR) is 157 cm³/mol. The lowest BCUT2D eigenvalue weighted by molar-refractivity contribution is -0.137. The molecule has 1 atom stereocenters. The van der Waals surface area contributed by atoms with Crippen LogP contribution in [-0.4, -0.2) is 81.0 Å². The maximum absolute atomic E-state index is 14.0. The van der Waals surface area contributed by atoms with Gasteiger partial charge in [0.05, 0.1) is 11.6 Å². The van der Waals surface area contributed by atoms with E-state index in [1.807, 2.05) is 35.2 Å². The minimum Gasteiger partial charge on any atom is -0.368 e. The van der Waals surface area contributed by atoms with Crippen molar-refractivity contribution in [1.29, 1.82) is 0 Å². The third-order valence-electron chi connectivity index (χ3n) is 8.18. The van der Waals surface area contributed by atoms with Crippen LogP contribution < -0.4 is 9.80 Å². The topological polar surface area (TPSA) is 98.3 Å². The number of piperidine rings is 1. The summed E-state index contributed by atoms with van der Waals surface area (Å²) in [6.07, 6.45) is 2.16. The standard InChI is InChI=1S/C29H35BrN4O5S/c1-3-27(36)34-12-10-22-17-24(30)18-26(28(22)34)40(38,39)33-11-4-5-23(19-33)29(37)32-15-13-31(14-16-32)25-8-6-21(7-9-25)20(2)35/h6-9,17-18,23H,3-5,10-16,19H2,1-2H3. The van der Waals surface area contributed by atoms with Gasteiger partial charge in [0, 0.05) is 68.0 Å². The number of carbonyl (C=O) groups is 3. The average Bonchev–Trinajstić information content (AvgIpc) is 3.39. The second kappa shape index (κ2) is 11.6. The van der Waals surface area contributed by atoms with Crippen LogP contribution in [0.15, 0.2) is 45.8 Å². The van der Waals surface area contributed by atoms with Crippen molar-refractivity contribution < 1.29 is 22.8 Å². The Bertz CT molecular complexity index is 1420. The number of anilines is 2. The number of sulfonamides is 1. The summed E-state index contributed by atoms with van der Waals surface area (Å²) in [5.74, 6) is -0.480. The number of halogens is 1. The molecule has 2 aromatic rings. The lowest BCUT2D eigenvalue weighted by atomic mass is 9.97. The Hall–Kier alpha value is -2.76. The monoisotopic (exact) mass is 630 g/mol. The first-order valence-electron chi connectivity index (χ1n) is 13.9. The number of piperazine rings is 1. The molecule has 0 spiro atoms. The molecule has 2 saturated heterocycles. The first-order chi connectivity index (χ1) is 19.1. The molecule has 1 unspecified atom stereocenters. The van der Waals surface area contributed by atoms with Gasteiger partial charge in [-0.2, -0.15) is 4.31 Å². The normalized spacial score (nSPS) is 20.0. The lowest BCUT2D eigenvalue weighted by Crippen LogP contribution is -2.53. The highest BCUT2D eigenvalue weighted by Crippen LogP contribution is 2.40. The van der Waals surface area contributed by atoms with Gasteiger partial charge in [-0.05, 0) is 68.1 Å². The molecule has 9 nitrogen and oxygen atoms in total. The minimum absolute atomic E-state index is 0.00580. The number of amides is 2. The molecule has 0 bridgehead atoms. The van der Waals surface area contributed by atoms with Crippen LogP contribution >= 0.6 is 15.9 Å². The van der Waals surface area contributed by atoms with E-state index in [1.54, 1.807) is 24.8 Å². The molecule has 3 aliphatic rings. The molecular formula is C29H35BrN4O5S. The number of carbonyl (C=O) groups excluding carboxylic acids is 3. The highest BCUT2D eigenvalue weighted by atomic mass is 79.9. The Morgan fingerprint density at radius 2 is 1.68 bits per heavy atom. The molecule has 11 heteroatoms. The quantitative estimate of drug-likeness (QED) is 0.452. The first-order valence-corrected chi connectivity index (χ1v) is 16.1. The molecular weight excluding hydrogens is 596 g/mol. The molecule has 2 amide bonds. The van der Waals surface area contributed by atoms with Gasteiger partial charge >= 0.3 is 0 Å². The van der Waals surface area contributed by atoms with Crippen molar-refractivity contribution in [3.05, 3.63) is 52.0 Å². The first kappa shape index (κ1) is 28.8. The van der Waals surface area contributed by atoms with Gasteiger partial charge in [-0.15, -0.1) is 0 Å². The second-order valence-electron chi connectivity index (χ2n) is 10.7. The Morgan fingerprint density at radius 3 is 2.33 bits per heavy atom. The molecule has 214 valence electrons. The molecule has 2 fully saturated rings. The van der Waals surface area contributed by atoms with Crippen LogP contribution in [0.25, 0.3) is 0 Å². The van der Waals surface area contributed by atoms with Gasteiger partial charge in [-0.3, -0.25) is 14.4 Å². The highest BCUT2D eigenvalue weighted by Gasteiger charge is 2.39. The number of fused-ring (bicyclic) bond motifs is 1. The van der Waals surface area contributed by atoms with Gasteiger partial charge in [-0.25, -0.2) is 8.42 Å². The average molecular weight is 632 g/mol. The van der Waals surface area contributed by atoms with E-state index in [4.69, 9.17) is 0 Å². The van der Waals surface area contributed by atoms with Crippen LogP contribution in [0.2, 0.25) is 0 Å². The van der Waals surface area contributed by atoms with Crippen molar-refractivity contribution in [3.63, 3.8) is 0 Å². The smallest absolute Gasteiger partial charge is 0.245 e. The predicted octanol–water partition coefficient (Wildman–Crippen LogP) is 3.70. The van der Waals surface area contributed by atoms with Crippen molar-refractivity contribution in [2.45, 2.75) is 44.4 Å². The van der Waals surface area contributed by atoms with E-state index >= 15 is 0 Å². The fourth-order valence-corrected chi connectivity index (χ4v) is 8.40. The van der Waals surface area contributed by atoms with Crippen molar-refractivity contribution in [1.82, 2.24) is 9.21 Å². The SMILES string of the molecule is CCC(=O)N1CCc2cc(Br)cc(S(=O)(=O)N3CCCC(C(=O)N4CCN(c5ccc(C(C)=O)cc5)CC4)C3)c21. The summed E-state index contributed by atoms with van der Waals surface area (Å²) in [7, 11) is -3.93. The van der Waals surface area contributed by atoms with Gasteiger partial charge in [0.1, 0.15) is 4.90 Å². The highest BCUT2D eigenvalue weighted by molar-refractivity contribution is 9.10. The summed E-state index contributed by atoms with van der Waals surface area (Å²) in [6.45, 7) is 6.73. The summed E-state index contributed by atoms with van der Waals surface area (Å²) in [5.41, 5.74) is 3.01. The van der Waals surface area contributed by atoms with Crippen LogP contribution in [0.5, 0.6) is 0 Å². The lowest BCUT2D eigenvalue weighted by Gasteiger charge is -2.39. The van der Waals surface area contributed by atoms with E-state index in [0.29, 0.717) is 80.7 Å². The molecule has 40 heavy (non-hydrogen) atoms. The van der Waals surface area contributed by atoms with Crippen molar-refractivity contribution >= 4 is 54.9 Å². The molecule has 0 aromatic heterocycles. The van der Waals surface area contributed by atoms with Gasteiger partial charge in [-0.1, -0.05) is 22.9 Å². The van der Waals surface area contributed by atoms with E-state index in [2.05, 4.69) is 20.8 Å². The number of hydrogen-bond acceptors (Lipinski definition) is 6. The molecule has 0 N–H and O–H groups in total. The van der Waals surface area contributed by atoms with Crippen LogP contribution in [0.1, 0.15) is 49.0 Å². The van der Waals surface area contributed by atoms with Crippen molar-refractivity contribution in [2.24, 2.45) is 5.92 Å². The molecule has 3 aliphatic heterocycles. The van der Waals surface area contributed by atoms with E-state index in [-0.39, 0.29) is 29.0 Å². The zero-order valence-corrected chi connectivity index (χ0v) is 25.3. The number of nitrogens with zero attached hydrogens (tertiary/aromatic N) is 4. The third-order valence-corrected chi connectivity index (χ3v) is 10.5. The van der Waals surface area contributed by atoms with E-state index < -0.39 is 15.9 Å². The van der Waals surface area contributed by atoms with Crippen LogP contribution in [0.4, 0.5) is 11.4 Å². The Kier molecular flexibility index (Phi) is 8.35. The van der Waals surface area contributed by atoms with Gasteiger partial charge in [0.25, 0.3) is 0 Å². The summed E-state index contributed by atoms with van der Waals surface area (Å²) in [6, 6.07) is 11.0. The maximum atomic E-state index is 14.0. The molecule has 2 aromatic carbocycles. The van der Waals surface area contributed by atoms with Gasteiger partial charge in [0.15, 0.2) is 5.78 Å². The Balaban J connectivity index is 1.28. The fourth-order valence-electron chi connectivity index (χ4n) is 5.96. The summed E-state index contributed by atoms with van der Waals surface area (Å²) in [4.78, 5) is 43.5. The zero-order valence-electron chi connectivity index (χ0n) is 22.9. The van der Waals surface area contributed by atoms with Gasteiger partial charge in [0.2, 0.25) is 21.8 Å². The number of hydrogen-bond donors (Lipinski definition) is 0. The van der Waals surface area contributed by atoms with Crippen LogP contribution in [0.3, 0.4) is 0 Å². The number of ketones is 1. The number of benzene rings is 2.